The summed E-state index contributed by atoms with van der Waals surface area (Å²) in [6.45, 7) is 0. The molecule has 0 radical (unpaired) electrons. The monoisotopic (exact) mass is 441 g/mol. The molecule has 1 atom stereocenters. The highest BCUT2D eigenvalue weighted by Gasteiger charge is 2.47. The molecule has 6 N–H and O–H groups in total. The summed E-state index contributed by atoms with van der Waals surface area (Å²) in [5, 5.41) is 12.0. The second-order valence-electron chi connectivity index (χ2n) is 8.11. The number of anilines is 2. The molecule has 10 nitrogen and oxygen atoms in total. The summed E-state index contributed by atoms with van der Waals surface area (Å²) in [6.07, 6.45) is 5.61. The first-order chi connectivity index (χ1) is 14.8. The molecule has 1 spiro atoms. The van der Waals surface area contributed by atoms with Crippen LogP contribution in [0.4, 0.5) is 11.6 Å². The Morgan fingerprint density at radius 3 is 2.55 bits per heavy atom. The van der Waals surface area contributed by atoms with Crippen molar-refractivity contribution in [2.75, 3.05) is 5.32 Å². The van der Waals surface area contributed by atoms with Crippen LogP contribution < -0.4 is 21.5 Å². The van der Waals surface area contributed by atoms with Crippen LogP contribution in [0.15, 0.2) is 41.4 Å². The normalized spacial score (nSPS) is 20.5. The van der Waals surface area contributed by atoms with E-state index in [1.165, 1.54) is 12.1 Å². The molecule has 0 bridgehead atoms. The van der Waals surface area contributed by atoms with Crippen molar-refractivity contribution in [3.05, 3.63) is 42.2 Å². The van der Waals surface area contributed by atoms with Crippen LogP contribution in [0.1, 0.15) is 44.0 Å². The Kier molecular flexibility index (Phi) is 4.50. The molecular formula is C20H23N7O3S. The molecule has 3 aromatic rings. The summed E-state index contributed by atoms with van der Waals surface area (Å²) < 4.78 is 24.9. The molecule has 162 valence electrons. The van der Waals surface area contributed by atoms with Gasteiger partial charge in [-0.2, -0.15) is 4.98 Å². The number of benzene rings is 1. The number of primary sulfonamides is 1. The maximum atomic E-state index is 13.0. The first-order valence-corrected chi connectivity index (χ1v) is 11.7. The van der Waals surface area contributed by atoms with Crippen LogP contribution in [-0.2, 0) is 20.4 Å². The van der Waals surface area contributed by atoms with E-state index in [0.29, 0.717) is 17.3 Å². The van der Waals surface area contributed by atoms with Gasteiger partial charge < -0.3 is 20.9 Å². The van der Waals surface area contributed by atoms with E-state index in [-0.39, 0.29) is 10.8 Å². The number of carbonyl (C=O) groups is 1. The third-order valence-corrected chi connectivity index (χ3v) is 7.07. The van der Waals surface area contributed by atoms with Gasteiger partial charge in [0.15, 0.2) is 0 Å². The highest BCUT2D eigenvalue weighted by Crippen LogP contribution is 2.42. The minimum atomic E-state index is -3.76. The molecule has 2 aliphatic rings. The maximum absolute atomic E-state index is 13.0. The second-order valence-corrected chi connectivity index (χ2v) is 9.68. The molecule has 1 aliphatic carbocycles. The number of hydrogen-bond acceptors (Lipinski definition) is 7. The number of hydrogen-bond donors (Lipinski definition) is 4. The van der Waals surface area contributed by atoms with Crippen LogP contribution in [-0.4, -0.2) is 28.9 Å². The molecule has 1 aromatic carbocycles. The number of fused-ring (bicyclic) bond motifs is 4. The van der Waals surface area contributed by atoms with Crippen molar-refractivity contribution in [2.24, 2.45) is 10.9 Å². The number of carbonyl (C=O) groups excluding carboxylic acids is 1. The fourth-order valence-corrected chi connectivity index (χ4v) is 5.16. The number of rotatable bonds is 3. The minimum Gasteiger partial charge on any atom is -0.333 e. The van der Waals surface area contributed by atoms with Gasteiger partial charge in [-0.05, 0) is 43.2 Å². The van der Waals surface area contributed by atoms with Gasteiger partial charge in [0.25, 0.3) is 0 Å². The van der Waals surface area contributed by atoms with E-state index in [1.807, 2.05) is 10.6 Å². The topological polar surface area (TPSA) is 158 Å². The van der Waals surface area contributed by atoms with E-state index < -0.39 is 21.7 Å². The summed E-state index contributed by atoms with van der Waals surface area (Å²) >= 11 is 0. The lowest BCUT2D eigenvalue weighted by Crippen LogP contribution is -2.57. The fraction of sp³-hybridized carbons (Fsp3) is 0.350. The van der Waals surface area contributed by atoms with Gasteiger partial charge >= 0.3 is 0 Å². The fourth-order valence-electron chi connectivity index (χ4n) is 4.64. The smallest absolute Gasteiger partial charge is 0.247 e. The van der Waals surface area contributed by atoms with Crippen LogP contribution in [0.2, 0.25) is 0 Å². The molecule has 31 heavy (non-hydrogen) atoms. The quantitative estimate of drug-likeness (QED) is 0.480. The van der Waals surface area contributed by atoms with Gasteiger partial charge in [0, 0.05) is 17.3 Å². The molecule has 1 amide bonds. The van der Waals surface area contributed by atoms with E-state index in [2.05, 4.69) is 15.6 Å². The second kappa shape index (κ2) is 7.01. The van der Waals surface area contributed by atoms with Gasteiger partial charge in [-0.3, -0.25) is 4.79 Å². The predicted molar refractivity (Wildman–Crippen MR) is 115 cm³/mol. The highest BCUT2D eigenvalue weighted by molar-refractivity contribution is 7.89. The van der Waals surface area contributed by atoms with E-state index in [9.17, 15) is 13.2 Å². The summed E-state index contributed by atoms with van der Waals surface area (Å²) in [7, 11) is -3.76. The molecular weight excluding hydrogens is 418 g/mol. The van der Waals surface area contributed by atoms with Crippen molar-refractivity contribution in [1.82, 2.24) is 19.9 Å². The zero-order valence-corrected chi connectivity index (χ0v) is 17.5. The summed E-state index contributed by atoms with van der Waals surface area (Å²) in [5.74, 6) is 0.277. The summed E-state index contributed by atoms with van der Waals surface area (Å²) in [4.78, 5) is 22.1. The zero-order chi connectivity index (χ0) is 21.8. The first kappa shape index (κ1) is 19.9. The van der Waals surface area contributed by atoms with Gasteiger partial charge in [0.2, 0.25) is 21.9 Å². The van der Waals surface area contributed by atoms with Gasteiger partial charge in [0.1, 0.15) is 17.4 Å². The van der Waals surface area contributed by atoms with Gasteiger partial charge in [-0.15, -0.1) is 0 Å². The van der Waals surface area contributed by atoms with Gasteiger partial charge in [0.05, 0.1) is 10.6 Å². The van der Waals surface area contributed by atoms with Crippen LogP contribution in [0.3, 0.4) is 0 Å². The van der Waals surface area contributed by atoms with Gasteiger partial charge in [-0.25, -0.2) is 18.5 Å². The van der Waals surface area contributed by atoms with Crippen molar-refractivity contribution in [1.29, 1.82) is 0 Å². The number of nitrogens with one attached hydrogen (secondary N) is 2. The van der Waals surface area contributed by atoms with Crippen LogP contribution in [0.5, 0.6) is 0 Å². The van der Waals surface area contributed by atoms with Crippen LogP contribution in [0, 0.1) is 0 Å². The third-order valence-electron chi connectivity index (χ3n) is 6.14. The lowest BCUT2D eigenvalue weighted by Gasteiger charge is -2.43. The van der Waals surface area contributed by atoms with Crippen molar-refractivity contribution in [3.8, 4) is 0 Å². The van der Waals surface area contributed by atoms with Gasteiger partial charge in [-0.1, -0.05) is 19.3 Å². The average Bonchev–Trinajstić information content (AvgIpc) is 3.13. The van der Waals surface area contributed by atoms with E-state index in [0.717, 1.165) is 43.2 Å². The standard InChI is InChI=1S/C20H23N7O3S/c21-16-15-10-12-11-23-19(24-13-4-6-14(7-5-13)31(22,29)30)26-17(12)27(15)20(18(28)25-16)8-2-1-3-9-20/h4-7,10-11,16H,1-3,8-9,21H2,(H,25,28)(H2,22,29,30)(H,23,24,26). The molecule has 0 saturated heterocycles. The van der Waals surface area contributed by atoms with E-state index in [4.69, 9.17) is 15.9 Å². The SMILES string of the molecule is NC1NC(=O)C2(CCCCC2)n2c1cc1cnc(Nc3ccc(S(N)(=O)=O)cc3)nc12. The Bertz CT molecular complexity index is 1280. The third kappa shape index (κ3) is 3.25. The molecule has 3 heterocycles. The zero-order valence-electron chi connectivity index (χ0n) is 16.7. The maximum Gasteiger partial charge on any atom is 0.247 e. The number of nitrogens with two attached hydrogens (primary N) is 2. The summed E-state index contributed by atoms with van der Waals surface area (Å²) in [5.41, 5.74) is 7.62. The van der Waals surface area contributed by atoms with Crippen LogP contribution >= 0.6 is 0 Å². The average molecular weight is 442 g/mol. The first-order valence-electron chi connectivity index (χ1n) is 10.1. The Morgan fingerprint density at radius 2 is 1.87 bits per heavy atom. The number of sulfonamides is 1. The molecule has 11 heteroatoms. The molecule has 1 aliphatic heterocycles. The van der Waals surface area contributed by atoms with Crippen molar-refractivity contribution < 1.29 is 13.2 Å². The van der Waals surface area contributed by atoms with Crippen molar-refractivity contribution in [3.63, 3.8) is 0 Å². The molecule has 2 aromatic heterocycles. The van der Waals surface area contributed by atoms with Crippen LogP contribution in [0.25, 0.3) is 11.0 Å². The molecule has 1 fully saturated rings. The summed E-state index contributed by atoms with van der Waals surface area (Å²) in [6, 6.07) is 7.94. The van der Waals surface area contributed by atoms with Crippen molar-refractivity contribution >= 4 is 38.6 Å². The lowest BCUT2D eigenvalue weighted by molar-refractivity contribution is -0.134. The molecule has 1 unspecified atom stereocenters. The molecule has 1 saturated carbocycles. The van der Waals surface area contributed by atoms with E-state index in [1.54, 1.807) is 18.3 Å². The number of aromatic nitrogens is 3. The Balaban J connectivity index is 1.57. The van der Waals surface area contributed by atoms with E-state index >= 15 is 0 Å². The Morgan fingerprint density at radius 1 is 1.16 bits per heavy atom. The van der Waals surface area contributed by atoms with Crippen molar-refractivity contribution in [2.45, 2.75) is 48.7 Å². The predicted octanol–water partition coefficient (Wildman–Crippen LogP) is 1.57. The minimum absolute atomic E-state index is 0.0225. The molecule has 5 rings (SSSR count). The number of amides is 1. The Hall–Kier alpha value is -3.02. The highest BCUT2D eigenvalue weighted by atomic mass is 32.2. The number of nitrogens with zero attached hydrogens (tertiary/aromatic N) is 3. The lowest BCUT2D eigenvalue weighted by atomic mass is 9.79. The largest absolute Gasteiger partial charge is 0.333 e. The Labute approximate surface area is 179 Å².